The summed E-state index contributed by atoms with van der Waals surface area (Å²) in [6, 6.07) is 0. The second kappa shape index (κ2) is 10.1. The van der Waals surface area contributed by atoms with Crippen molar-refractivity contribution in [2.75, 3.05) is 40.5 Å². The first-order chi connectivity index (χ1) is 11.3. The maximum atomic E-state index is 5.89. The van der Waals surface area contributed by atoms with Crippen molar-refractivity contribution < 1.29 is 9.47 Å². The van der Waals surface area contributed by atoms with Crippen LogP contribution in [0, 0.1) is 5.41 Å². The highest BCUT2D eigenvalue weighted by Crippen LogP contribution is 2.43. The third kappa shape index (κ3) is 6.30. The van der Waals surface area contributed by atoms with Gasteiger partial charge in [-0.1, -0.05) is 19.3 Å². The van der Waals surface area contributed by atoms with Gasteiger partial charge < -0.3 is 20.1 Å². The minimum atomic E-state index is 0.416. The smallest absolute Gasteiger partial charge is 0.190 e. The lowest BCUT2D eigenvalue weighted by Crippen LogP contribution is -2.47. The van der Waals surface area contributed by atoms with Crippen molar-refractivity contribution in [3.8, 4) is 0 Å². The molecule has 5 heteroatoms. The number of aliphatic imine (C=N–C) groups is 1. The van der Waals surface area contributed by atoms with E-state index in [1.807, 2.05) is 7.05 Å². The van der Waals surface area contributed by atoms with Crippen LogP contribution in [0.5, 0.6) is 0 Å². The lowest BCUT2D eigenvalue weighted by Gasteiger charge is -2.42. The predicted molar refractivity (Wildman–Crippen MR) is 95.0 cm³/mol. The van der Waals surface area contributed by atoms with Crippen LogP contribution in [-0.2, 0) is 9.47 Å². The van der Waals surface area contributed by atoms with E-state index in [4.69, 9.17) is 9.47 Å². The Kier molecular flexibility index (Phi) is 8.17. The molecule has 0 atom stereocenters. The van der Waals surface area contributed by atoms with Gasteiger partial charge in [0, 0.05) is 40.5 Å². The molecule has 0 saturated heterocycles. The third-order valence-electron chi connectivity index (χ3n) is 5.37. The van der Waals surface area contributed by atoms with Crippen molar-refractivity contribution in [1.29, 1.82) is 0 Å². The topological polar surface area (TPSA) is 54.9 Å². The number of hydrogen-bond donors (Lipinski definition) is 2. The maximum absolute atomic E-state index is 5.89. The molecule has 0 amide bonds. The van der Waals surface area contributed by atoms with E-state index in [2.05, 4.69) is 15.6 Å². The van der Waals surface area contributed by atoms with E-state index in [-0.39, 0.29) is 0 Å². The normalized spacial score (nSPS) is 21.2. The van der Waals surface area contributed by atoms with Gasteiger partial charge >= 0.3 is 0 Å². The van der Waals surface area contributed by atoms with E-state index in [1.54, 1.807) is 7.11 Å². The molecule has 0 aliphatic heterocycles. The average molecular weight is 325 g/mol. The molecule has 0 unspecified atom stereocenters. The van der Waals surface area contributed by atoms with Gasteiger partial charge in [0.05, 0.1) is 6.10 Å². The molecule has 2 fully saturated rings. The van der Waals surface area contributed by atoms with Crippen molar-refractivity contribution in [3.63, 3.8) is 0 Å². The second-order valence-electron chi connectivity index (χ2n) is 7.08. The molecule has 0 aromatic heterocycles. The standard InChI is InChI=1S/C18H35N3O2/c1-19-17(20-12-6-13-23-16-7-3-4-8-16)21-15-18(9-5-10-18)11-14-22-2/h16H,3-15H2,1-2H3,(H2,19,20,21). The third-order valence-corrected chi connectivity index (χ3v) is 5.37. The largest absolute Gasteiger partial charge is 0.385 e. The predicted octanol–water partition coefficient (Wildman–Crippen LogP) is 2.71. The number of nitrogens with one attached hydrogen (secondary N) is 2. The highest BCUT2D eigenvalue weighted by molar-refractivity contribution is 5.79. The van der Waals surface area contributed by atoms with E-state index in [0.717, 1.165) is 45.1 Å². The molecule has 2 aliphatic rings. The molecule has 0 spiro atoms. The molecule has 2 N–H and O–H groups in total. The molecule has 0 aromatic rings. The van der Waals surface area contributed by atoms with Crippen LogP contribution in [0.3, 0.4) is 0 Å². The fourth-order valence-corrected chi connectivity index (χ4v) is 3.59. The van der Waals surface area contributed by atoms with Gasteiger partial charge in [-0.25, -0.2) is 0 Å². The van der Waals surface area contributed by atoms with Crippen LogP contribution in [0.15, 0.2) is 4.99 Å². The second-order valence-corrected chi connectivity index (χ2v) is 7.08. The number of rotatable bonds is 10. The van der Waals surface area contributed by atoms with Crippen LogP contribution in [0.25, 0.3) is 0 Å². The van der Waals surface area contributed by atoms with E-state index in [1.165, 1.54) is 44.9 Å². The van der Waals surface area contributed by atoms with Crippen LogP contribution < -0.4 is 10.6 Å². The van der Waals surface area contributed by atoms with Crippen molar-refractivity contribution in [1.82, 2.24) is 10.6 Å². The summed E-state index contributed by atoms with van der Waals surface area (Å²) in [5, 5.41) is 6.89. The SMILES string of the molecule is CN=C(NCCCOC1CCCC1)NCC1(CCOC)CCC1. The highest BCUT2D eigenvalue weighted by Gasteiger charge is 2.36. The Labute approximate surface area is 141 Å². The molecule has 2 rings (SSSR count). The monoisotopic (exact) mass is 325 g/mol. The summed E-state index contributed by atoms with van der Waals surface area (Å²) in [4.78, 5) is 4.33. The van der Waals surface area contributed by atoms with Crippen molar-refractivity contribution >= 4 is 5.96 Å². The van der Waals surface area contributed by atoms with Gasteiger partial charge in [-0.3, -0.25) is 4.99 Å². The van der Waals surface area contributed by atoms with Gasteiger partial charge in [-0.15, -0.1) is 0 Å². The lowest BCUT2D eigenvalue weighted by atomic mass is 9.67. The molecule has 0 heterocycles. The van der Waals surface area contributed by atoms with E-state index in [9.17, 15) is 0 Å². The zero-order chi connectivity index (χ0) is 16.4. The van der Waals surface area contributed by atoms with Gasteiger partial charge in [0.25, 0.3) is 0 Å². The molecule has 0 radical (unpaired) electrons. The average Bonchev–Trinajstić information content (AvgIpc) is 3.04. The van der Waals surface area contributed by atoms with Gasteiger partial charge in [-0.2, -0.15) is 0 Å². The molecule has 0 aromatic carbocycles. The van der Waals surface area contributed by atoms with E-state index < -0.39 is 0 Å². The Morgan fingerprint density at radius 1 is 1.13 bits per heavy atom. The Balaban J connectivity index is 1.55. The first-order valence-electron chi connectivity index (χ1n) is 9.33. The zero-order valence-corrected chi connectivity index (χ0v) is 15.0. The molecule has 2 aliphatic carbocycles. The Hall–Kier alpha value is -0.810. The molecule has 2 saturated carbocycles. The summed E-state index contributed by atoms with van der Waals surface area (Å²) in [6.07, 6.45) is 11.8. The van der Waals surface area contributed by atoms with Crippen LogP contribution in [0.2, 0.25) is 0 Å². The van der Waals surface area contributed by atoms with Gasteiger partial charge in [0.15, 0.2) is 5.96 Å². The van der Waals surface area contributed by atoms with Crippen LogP contribution in [-0.4, -0.2) is 52.5 Å². The number of guanidine groups is 1. The minimum Gasteiger partial charge on any atom is -0.385 e. The lowest BCUT2D eigenvalue weighted by molar-refractivity contribution is 0.0573. The van der Waals surface area contributed by atoms with Crippen LogP contribution in [0.1, 0.15) is 57.8 Å². The number of ether oxygens (including phenoxy) is 2. The van der Waals surface area contributed by atoms with Crippen LogP contribution in [0.4, 0.5) is 0 Å². The summed E-state index contributed by atoms with van der Waals surface area (Å²) in [7, 11) is 3.63. The minimum absolute atomic E-state index is 0.416. The number of methoxy groups -OCH3 is 1. The summed E-state index contributed by atoms with van der Waals surface area (Å²) >= 11 is 0. The molecule has 5 nitrogen and oxygen atoms in total. The molecule has 134 valence electrons. The Morgan fingerprint density at radius 2 is 1.91 bits per heavy atom. The summed E-state index contributed by atoms with van der Waals surface area (Å²) in [5.74, 6) is 0.912. The van der Waals surface area contributed by atoms with Crippen molar-refractivity contribution in [3.05, 3.63) is 0 Å². The van der Waals surface area contributed by atoms with E-state index >= 15 is 0 Å². The summed E-state index contributed by atoms with van der Waals surface area (Å²) in [5.41, 5.74) is 0.416. The van der Waals surface area contributed by atoms with Gasteiger partial charge in [-0.05, 0) is 43.9 Å². The molecular formula is C18H35N3O2. The first-order valence-corrected chi connectivity index (χ1v) is 9.33. The maximum Gasteiger partial charge on any atom is 0.190 e. The number of hydrogen-bond acceptors (Lipinski definition) is 3. The Bertz CT molecular complexity index is 350. The molecular weight excluding hydrogens is 290 g/mol. The fourth-order valence-electron chi connectivity index (χ4n) is 3.59. The van der Waals surface area contributed by atoms with E-state index in [0.29, 0.717) is 11.5 Å². The molecule has 23 heavy (non-hydrogen) atoms. The number of nitrogens with zero attached hydrogens (tertiary/aromatic N) is 1. The Morgan fingerprint density at radius 3 is 2.52 bits per heavy atom. The zero-order valence-electron chi connectivity index (χ0n) is 15.0. The summed E-state index contributed by atoms with van der Waals surface area (Å²) < 4.78 is 11.1. The highest BCUT2D eigenvalue weighted by atomic mass is 16.5. The van der Waals surface area contributed by atoms with Crippen LogP contribution >= 0.6 is 0 Å². The summed E-state index contributed by atoms with van der Waals surface area (Å²) in [6.45, 7) is 3.62. The quantitative estimate of drug-likeness (QED) is 0.368. The van der Waals surface area contributed by atoms with Crippen molar-refractivity contribution in [2.24, 2.45) is 10.4 Å². The van der Waals surface area contributed by atoms with Gasteiger partial charge in [0.1, 0.15) is 0 Å². The van der Waals surface area contributed by atoms with Crippen molar-refractivity contribution in [2.45, 2.75) is 63.9 Å². The first kappa shape index (κ1) is 18.5. The fraction of sp³-hybridized carbons (Fsp3) is 0.944. The molecule has 0 bridgehead atoms. The van der Waals surface area contributed by atoms with Gasteiger partial charge in [0.2, 0.25) is 0 Å².